The van der Waals surface area contributed by atoms with Crippen LogP contribution in [0.15, 0.2) is 30.3 Å². The van der Waals surface area contributed by atoms with E-state index in [0.717, 1.165) is 12.8 Å². The molecule has 0 aromatic heterocycles. The Morgan fingerprint density at radius 2 is 2.07 bits per heavy atom. The molecule has 1 rings (SSSR count). The van der Waals surface area contributed by atoms with Crippen molar-refractivity contribution in [1.82, 2.24) is 0 Å². The van der Waals surface area contributed by atoms with Crippen LogP contribution < -0.4 is 0 Å². The molecule has 0 bridgehead atoms. The lowest BCUT2D eigenvalue weighted by Crippen LogP contribution is -2.00. The molecule has 15 heavy (non-hydrogen) atoms. The maximum absolute atomic E-state index is 10.9. The van der Waals surface area contributed by atoms with Gasteiger partial charge in [-0.1, -0.05) is 46.3 Å². The second-order valence-electron chi connectivity index (χ2n) is 3.35. The molecule has 82 valence electrons. The van der Waals surface area contributed by atoms with Crippen molar-refractivity contribution in [3.05, 3.63) is 35.9 Å². The first-order valence-electron chi connectivity index (χ1n) is 5.00. The number of ether oxygens (including phenoxy) is 1. The van der Waals surface area contributed by atoms with E-state index in [1.807, 2.05) is 18.2 Å². The lowest BCUT2D eigenvalue weighted by molar-refractivity contribution is -0.140. The third-order valence-electron chi connectivity index (χ3n) is 2.23. The van der Waals surface area contributed by atoms with Crippen LogP contribution in [0.25, 0.3) is 0 Å². The molecule has 0 radical (unpaired) electrons. The molecule has 3 heteroatoms. The van der Waals surface area contributed by atoms with Gasteiger partial charge in [-0.3, -0.25) is 4.79 Å². The molecule has 0 unspecified atom stereocenters. The first-order valence-corrected chi connectivity index (χ1v) is 5.91. The third-order valence-corrected chi connectivity index (χ3v) is 3.21. The summed E-state index contributed by atoms with van der Waals surface area (Å²) in [7, 11) is 1.42. The number of carbonyl (C=O) groups excluding carboxylic acids is 1. The molecule has 0 spiro atoms. The van der Waals surface area contributed by atoms with Gasteiger partial charge in [-0.15, -0.1) is 0 Å². The average molecular weight is 271 g/mol. The lowest BCUT2D eigenvalue weighted by Gasteiger charge is -2.08. The Bertz CT molecular complexity index is 298. The fourth-order valence-corrected chi connectivity index (χ4v) is 1.99. The molecule has 1 aromatic carbocycles. The van der Waals surface area contributed by atoms with E-state index in [2.05, 4.69) is 32.8 Å². The van der Waals surface area contributed by atoms with Crippen LogP contribution >= 0.6 is 15.9 Å². The molecule has 0 fully saturated rings. The van der Waals surface area contributed by atoms with Crippen molar-refractivity contribution in [2.75, 3.05) is 7.11 Å². The van der Waals surface area contributed by atoms with E-state index < -0.39 is 0 Å². The SMILES string of the molecule is COC(=O)CCC[C@@H](Br)c1ccccc1. The van der Waals surface area contributed by atoms with Gasteiger partial charge in [-0.25, -0.2) is 0 Å². The Morgan fingerprint density at radius 1 is 1.40 bits per heavy atom. The Hall–Kier alpha value is -0.830. The van der Waals surface area contributed by atoms with Crippen LogP contribution in [0, 0.1) is 0 Å². The summed E-state index contributed by atoms with van der Waals surface area (Å²) in [5.41, 5.74) is 1.25. The molecule has 1 atom stereocenters. The third kappa shape index (κ3) is 4.47. The number of methoxy groups -OCH3 is 1. The first kappa shape index (κ1) is 12.2. The quantitative estimate of drug-likeness (QED) is 0.605. The summed E-state index contributed by atoms with van der Waals surface area (Å²) < 4.78 is 4.58. The van der Waals surface area contributed by atoms with Crippen molar-refractivity contribution >= 4 is 21.9 Å². The zero-order chi connectivity index (χ0) is 11.1. The summed E-state index contributed by atoms with van der Waals surface area (Å²) in [6, 6.07) is 10.2. The van der Waals surface area contributed by atoms with Gasteiger partial charge in [0.1, 0.15) is 0 Å². The highest BCUT2D eigenvalue weighted by Crippen LogP contribution is 2.27. The summed E-state index contributed by atoms with van der Waals surface area (Å²) in [6.07, 6.45) is 2.28. The predicted octanol–water partition coefficient (Wildman–Crippen LogP) is 3.47. The number of hydrogen-bond acceptors (Lipinski definition) is 2. The molecule has 0 saturated heterocycles. The number of rotatable bonds is 5. The minimum atomic E-state index is -0.136. The zero-order valence-electron chi connectivity index (χ0n) is 8.78. The fourth-order valence-electron chi connectivity index (χ4n) is 1.36. The maximum atomic E-state index is 10.9. The van der Waals surface area contributed by atoms with Crippen LogP contribution in [0.5, 0.6) is 0 Å². The summed E-state index contributed by atoms with van der Waals surface area (Å²) in [5.74, 6) is -0.136. The number of hydrogen-bond donors (Lipinski definition) is 0. The molecule has 0 N–H and O–H groups in total. The van der Waals surface area contributed by atoms with Crippen molar-refractivity contribution in [2.45, 2.75) is 24.1 Å². The molecule has 0 amide bonds. The van der Waals surface area contributed by atoms with E-state index in [1.54, 1.807) is 0 Å². The van der Waals surface area contributed by atoms with Crippen LogP contribution in [0.3, 0.4) is 0 Å². The highest BCUT2D eigenvalue weighted by molar-refractivity contribution is 9.09. The molecule has 0 heterocycles. The van der Waals surface area contributed by atoms with E-state index in [4.69, 9.17) is 0 Å². The highest BCUT2D eigenvalue weighted by atomic mass is 79.9. The summed E-state index contributed by atoms with van der Waals surface area (Å²) in [5, 5.41) is 0. The van der Waals surface area contributed by atoms with Crippen LogP contribution in [-0.2, 0) is 9.53 Å². The number of alkyl halides is 1. The molecule has 0 aliphatic rings. The Kier molecular flexibility index (Phi) is 5.40. The average Bonchev–Trinajstić information content (AvgIpc) is 2.29. The number of esters is 1. The molecule has 1 aromatic rings. The van der Waals surface area contributed by atoms with Gasteiger partial charge >= 0.3 is 5.97 Å². The van der Waals surface area contributed by atoms with E-state index in [9.17, 15) is 4.79 Å². The van der Waals surface area contributed by atoms with Crippen LogP contribution in [0.4, 0.5) is 0 Å². The molecule has 0 aliphatic heterocycles. The van der Waals surface area contributed by atoms with Gasteiger partial charge in [-0.05, 0) is 18.4 Å². The summed E-state index contributed by atoms with van der Waals surface area (Å²) in [6.45, 7) is 0. The van der Waals surface area contributed by atoms with Crippen LogP contribution in [0.1, 0.15) is 29.7 Å². The lowest BCUT2D eigenvalue weighted by atomic mass is 10.1. The van der Waals surface area contributed by atoms with Gasteiger partial charge in [0, 0.05) is 11.2 Å². The number of carbonyl (C=O) groups is 1. The normalized spacial score (nSPS) is 12.1. The van der Waals surface area contributed by atoms with Gasteiger partial charge < -0.3 is 4.74 Å². The minimum Gasteiger partial charge on any atom is -0.469 e. The van der Waals surface area contributed by atoms with Gasteiger partial charge in [0.25, 0.3) is 0 Å². The van der Waals surface area contributed by atoms with Crippen molar-refractivity contribution in [2.24, 2.45) is 0 Å². The van der Waals surface area contributed by atoms with Crippen LogP contribution in [-0.4, -0.2) is 13.1 Å². The predicted molar refractivity (Wildman–Crippen MR) is 64.0 cm³/mol. The Labute approximate surface area is 98.8 Å². The van der Waals surface area contributed by atoms with Gasteiger partial charge in [-0.2, -0.15) is 0 Å². The minimum absolute atomic E-state index is 0.136. The van der Waals surface area contributed by atoms with Crippen molar-refractivity contribution in [1.29, 1.82) is 0 Å². The van der Waals surface area contributed by atoms with Crippen molar-refractivity contribution in [3.63, 3.8) is 0 Å². The van der Waals surface area contributed by atoms with Crippen molar-refractivity contribution in [3.8, 4) is 0 Å². The fraction of sp³-hybridized carbons (Fsp3) is 0.417. The second-order valence-corrected chi connectivity index (χ2v) is 4.45. The molecule has 2 nitrogen and oxygen atoms in total. The van der Waals surface area contributed by atoms with E-state index in [-0.39, 0.29) is 5.97 Å². The largest absolute Gasteiger partial charge is 0.469 e. The molecule has 0 aliphatic carbocycles. The summed E-state index contributed by atoms with van der Waals surface area (Å²) in [4.78, 5) is 11.2. The number of benzene rings is 1. The van der Waals surface area contributed by atoms with E-state index in [0.29, 0.717) is 11.2 Å². The highest BCUT2D eigenvalue weighted by Gasteiger charge is 2.08. The van der Waals surface area contributed by atoms with E-state index in [1.165, 1.54) is 12.7 Å². The number of halogens is 1. The van der Waals surface area contributed by atoms with Gasteiger partial charge in [0.05, 0.1) is 7.11 Å². The van der Waals surface area contributed by atoms with Gasteiger partial charge in [0.2, 0.25) is 0 Å². The molecular weight excluding hydrogens is 256 g/mol. The van der Waals surface area contributed by atoms with Crippen LogP contribution in [0.2, 0.25) is 0 Å². The van der Waals surface area contributed by atoms with E-state index >= 15 is 0 Å². The van der Waals surface area contributed by atoms with Crippen molar-refractivity contribution < 1.29 is 9.53 Å². The molecular formula is C12H15BrO2. The van der Waals surface area contributed by atoms with Gasteiger partial charge in [0.15, 0.2) is 0 Å². The topological polar surface area (TPSA) is 26.3 Å². The molecule has 0 saturated carbocycles. The zero-order valence-corrected chi connectivity index (χ0v) is 10.4. The Balaban J connectivity index is 2.31. The maximum Gasteiger partial charge on any atom is 0.305 e. The monoisotopic (exact) mass is 270 g/mol. The summed E-state index contributed by atoms with van der Waals surface area (Å²) >= 11 is 3.61. The Morgan fingerprint density at radius 3 is 2.67 bits per heavy atom. The smallest absolute Gasteiger partial charge is 0.305 e. The standard InChI is InChI=1S/C12H15BrO2/c1-15-12(14)9-5-8-11(13)10-6-3-2-4-7-10/h2-4,6-7,11H,5,8-9H2,1H3/t11-/m1/s1. The first-order chi connectivity index (χ1) is 7.24. The second kappa shape index (κ2) is 6.62.